The summed E-state index contributed by atoms with van der Waals surface area (Å²) in [5, 5.41) is 4.77. The molecular formula is C21H19Cl2N3O5S. The summed E-state index contributed by atoms with van der Waals surface area (Å²) in [6.45, 7) is -0.486. The molecule has 8 nitrogen and oxygen atoms in total. The van der Waals surface area contributed by atoms with E-state index in [1.165, 1.54) is 13.3 Å². The molecule has 2 aromatic carbocycles. The first-order valence-corrected chi connectivity index (χ1v) is 11.8. The molecule has 1 heterocycles. The highest BCUT2D eigenvalue weighted by Gasteiger charge is 2.23. The lowest BCUT2D eigenvalue weighted by molar-refractivity contribution is -0.119. The number of ether oxygens (including phenoxy) is 1. The second-order valence-electron chi connectivity index (χ2n) is 6.56. The van der Waals surface area contributed by atoms with Crippen LogP contribution in [0.15, 0.2) is 64.1 Å². The number of anilines is 1. The van der Waals surface area contributed by atoms with Gasteiger partial charge in [-0.3, -0.25) is 9.10 Å². The quantitative estimate of drug-likeness (QED) is 0.373. The zero-order valence-corrected chi connectivity index (χ0v) is 19.4. The van der Waals surface area contributed by atoms with Crippen molar-refractivity contribution in [3.05, 3.63) is 70.4 Å². The van der Waals surface area contributed by atoms with E-state index in [2.05, 4.69) is 10.5 Å². The molecule has 0 aliphatic carbocycles. The summed E-state index contributed by atoms with van der Waals surface area (Å²) < 4.78 is 36.3. The van der Waals surface area contributed by atoms with Crippen LogP contribution >= 0.6 is 23.2 Å². The number of amides is 1. The number of nitrogens with zero attached hydrogens (tertiary/aromatic N) is 2. The summed E-state index contributed by atoms with van der Waals surface area (Å²) >= 11 is 12.1. The molecule has 3 rings (SSSR count). The molecule has 0 bridgehead atoms. The first-order valence-electron chi connectivity index (χ1n) is 9.17. The second kappa shape index (κ2) is 10.1. The highest BCUT2D eigenvalue weighted by molar-refractivity contribution is 7.92. The number of rotatable bonds is 8. The van der Waals surface area contributed by atoms with Crippen molar-refractivity contribution in [1.29, 1.82) is 0 Å². The minimum atomic E-state index is -3.76. The zero-order chi connectivity index (χ0) is 23.3. The van der Waals surface area contributed by atoms with Crippen LogP contribution in [0.2, 0.25) is 10.0 Å². The molecule has 0 spiro atoms. The molecule has 0 saturated carbocycles. The highest BCUT2D eigenvalue weighted by atomic mass is 35.5. The number of benzene rings is 2. The van der Waals surface area contributed by atoms with Crippen LogP contribution in [0.25, 0.3) is 11.3 Å². The fraction of sp³-hybridized carbons (Fsp3) is 0.143. The highest BCUT2D eigenvalue weighted by Crippen LogP contribution is 2.31. The largest absolute Gasteiger partial charge is 0.495 e. The van der Waals surface area contributed by atoms with Crippen LogP contribution in [-0.2, 0) is 14.8 Å². The number of methoxy groups -OCH3 is 1. The maximum absolute atomic E-state index is 12.3. The van der Waals surface area contributed by atoms with Gasteiger partial charge in [0.2, 0.25) is 10.0 Å². The van der Waals surface area contributed by atoms with E-state index in [4.69, 9.17) is 32.4 Å². The van der Waals surface area contributed by atoms with Crippen LogP contribution < -0.4 is 14.5 Å². The number of carbonyl (C=O) groups excluding carboxylic acids is 1. The van der Waals surface area contributed by atoms with Crippen LogP contribution in [0.5, 0.6) is 5.75 Å². The molecule has 0 unspecified atom stereocenters. The van der Waals surface area contributed by atoms with Gasteiger partial charge in [0.05, 0.1) is 30.3 Å². The third kappa shape index (κ3) is 5.82. The summed E-state index contributed by atoms with van der Waals surface area (Å²) in [4.78, 5) is 12.3. The van der Waals surface area contributed by atoms with Crippen molar-refractivity contribution in [1.82, 2.24) is 5.43 Å². The Labute approximate surface area is 195 Å². The van der Waals surface area contributed by atoms with Gasteiger partial charge in [-0.2, -0.15) is 5.10 Å². The molecule has 0 fully saturated rings. The number of sulfonamides is 1. The zero-order valence-electron chi connectivity index (χ0n) is 17.1. The minimum absolute atomic E-state index is 0.243. The van der Waals surface area contributed by atoms with Crippen molar-refractivity contribution in [3.63, 3.8) is 0 Å². The summed E-state index contributed by atoms with van der Waals surface area (Å²) in [7, 11) is -2.34. The van der Waals surface area contributed by atoms with Crippen LogP contribution in [0.4, 0.5) is 5.69 Å². The Kier molecular flexibility index (Phi) is 7.44. The average molecular weight is 496 g/mol. The standard InChI is InChI=1S/C21H19Cl2N3O5S/c1-30-20-6-4-3-5-18(20)26(32(2,28)29)13-21(27)25-24-12-15-8-10-19(31-15)16-9-7-14(22)11-17(16)23/h3-12H,13H2,1-2H3,(H,25,27)/b24-12-. The Balaban J connectivity index is 1.69. The van der Waals surface area contributed by atoms with Crippen molar-refractivity contribution in [2.24, 2.45) is 5.10 Å². The first kappa shape index (κ1) is 23.6. The predicted octanol–water partition coefficient (Wildman–Crippen LogP) is 4.18. The predicted molar refractivity (Wildman–Crippen MR) is 125 cm³/mol. The smallest absolute Gasteiger partial charge is 0.260 e. The van der Waals surface area contributed by atoms with Gasteiger partial charge in [0.25, 0.3) is 5.91 Å². The Bertz CT molecular complexity index is 1260. The molecule has 1 amide bonds. The Morgan fingerprint density at radius 1 is 1.19 bits per heavy atom. The number of halogens is 2. The lowest BCUT2D eigenvalue weighted by atomic mass is 10.2. The van der Waals surface area contributed by atoms with Gasteiger partial charge in [0.15, 0.2) is 0 Å². The van der Waals surface area contributed by atoms with Crippen LogP contribution in [0.3, 0.4) is 0 Å². The maximum atomic E-state index is 12.3. The molecule has 0 saturated heterocycles. The number of hydrogen-bond donors (Lipinski definition) is 1. The van der Waals surface area contributed by atoms with E-state index in [9.17, 15) is 13.2 Å². The summed E-state index contributed by atoms with van der Waals surface area (Å²) in [5.41, 5.74) is 3.18. The molecule has 1 aromatic heterocycles. The molecule has 0 aliphatic rings. The minimum Gasteiger partial charge on any atom is -0.495 e. The Hall–Kier alpha value is -3.01. The van der Waals surface area contributed by atoms with E-state index in [0.29, 0.717) is 32.9 Å². The Morgan fingerprint density at radius 3 is 2.62 bits per heavy atom. The van der Waals surface area contributed by atoms with Gasteiger partial charge in [0.1, 0.15) is 23.8 Å². The van der Waals surface area contributed by atoms with Gasteiger partial charge in [-0.05, 0) is 42.5 Å². The van der Waals surface area contributed by atoms with E-state index < -0.39 is 22.5 Å². The van der Waals surface area contributed by atoms with Crippen LogP contribution in [0.1, 0.15) is 5.76 Å². The van der Waals surface area contributed by atoms with E-state index in [0.717, 1.165) is 10.6 Å². The van der Waals surface area contributed by atoms with Gasteiger partial charge in [-0.25, -0.2) is 13.8 Å². The molecule has 32 heavy (non-hydrogen) atoms. The van der Waals surface area contributed by atoms with E-state index in [1.54, 1.807) is 54.6 Å². The molecule has 168 valence electrons. The molecule has 3 aromatic rings. The van der Waals surface area contributed by atoms with Crippen molar-refractivity contribution < 1.29 is 22.4 Å². The monoisotopic (exact) mass is 495 g/mol. The third-order valence-electron chi connectivity index (χ3n) is 4.25. The lowest BCUT2D eigenvalue weighted by Gasteiger charge is -2.23. The van der Waals surface area contributed by atoms with E-state index in [-0.39, 0.29) is 5.69 Å². The molecule has 0 radical (unpaired) electrons. The van der Waals surface area contributed by atoms with Crippen molar-refractivity contribution in [2.75, 3.05) is 24.2 Å². The maximum Gasteiger partial charge on any atom is 0.260 e. The molecular weight excluding hydrogens is 477 g/mol. The third-order valence-corrected chi connectivity index (χ3v) is 5.92. The number of nitrogens with one attached hydrogen (secondary N) is 1. The Morgan fingerprint density at radius 2 is 1.94 bits per heavy atom. The van der Waals surface area contributed by atoms with Crippen molar-refractivity contribution >= 4 is 51.0 Å². The van der Waals surface area contributed by atoms with Gasteiger partial charge in [0, 0.05) is 10.6 Å². The van der Waals surface area contributed by atoms with Crippen LogP contribution in [0, 0.1) is 0 Å². The normalized spacial score (nSPS) is 11.5. The first-order chi connectivity index (χ1) is 15.2. The van der Waals surface area contributed by atoms with Crippen molar-refractivity contribution in [2.45, 2.75) is 0 Å². The van der Waals surface area contributed by atoms with Crippen molar-refractivity contribution in [3.8, 4) is 17.1 Å². The number of hydrogen-bond acceptors (Lipinski definition) is 6. The molecule has 0 aliphatic heterocycles. The average Bonchev–Trinajstić information content (AvgIpc) is 3.19. The van der Waals surface area contributed by atoms with Gasteiger partial charge in [-0.1, -0.05) is 35.3 Å². The number of furan rings is 1. The number of para-hydroxylation sites is 2. The van der Waals surface area contributed by atoms with E-state index in [1.807, 2.05) is 0 Å². The molecule has 0 atom stereocenters. The summed E-state index contributed by atoms with van der Waals surface area (Å²) in [6, 6.07) is 14.9. The second-order valence-corrected chi connectivity index (χ2v) is 9.31. The lowest BCUT2D eigenvalue weighted by Crippen LogP contribution is -2.39. The van der Waals surface area contributed by atoms with Gasteiger partial charge < -0.3 is 9.15 Å². The topological polar surface area (TPSA) is 101 Å². The van der Waals surface area contributed by atoms with Gasteiger partial charge in [-0.15, -0.1) is 0 Å². The van der Waals surface area contributed by atoms with E-state index >= 15 is 0 Å². The fourth-order valence-corrected chi connectivity index (χ4v) is 4.17. The van der Waals surface area contributed by atoms with Gasteiger partial charge >= 0.3 is 0 Å². The fourth-order valence-electron chi connectivity index (χ4n) is 2.81. The van der Waals surface area contributed by atoms with Crippen LogP contribution in [-0.4, -0.2) is 40.4 Å². The summed E-state index contributed by atoms with van der Waals surface area (Å²) in [6.07, 6.45) is 2.29. The molecule has 1 N–H and O–H groups in total. The molecule has 11 heteroatoms. The summed E-state index contributed by atoms with van der Waals surface area (Å²) in [5.74, 6) is 0.526. The number of hydrazone groups is 1. The SMILES string of the molecule is COc1ccccc1N(CC(=O)N/N=C\c1ccc(-c2ccc(Cl)cc2Cl)o1)S(C)(=O)=O. The number of carbonyl (C=O) groups is 1.